The van der Waals surface area contributed by atoms with Crippen LogP contribution in [0.4, 0.5) is 0 Å². The largest absolute Gasteiger partial charge is 0.367 e. The van der Waals surface area contributed by atoms with Crippen LogP contribution >= 0.6 is 11.8 Å². The van der Waals surface area contributed by atoms with Crippen LogP contribution in [-0.4, -0.2) is 62.4 Å². The summed E-state index contributed by atoms with van der Waals surface area (Å²) in [5.41, 5.74) is 9.36. The lowest BCUT2D eigenvalue weighted by molar-refractivity contribution is -0.158. The number of thioether (sulfide) groups is 1. The summed E-state index contributed by atoms with van der Waals surface area (Å²) in [6.45, 7) is 5.48. The van der Waals surface area contributed by atoms with Gasteiger partial charge in [0.2, 0.25) is 17.5 Å². The first-order valence-electron chi connectivity index (χ1n) is 11.5. The van der Waals surface area contributed by atoms with Gasteiger partial charge in [-0.3, -0.25) is 24.9 Å². The van der Waals surface area contributed by atoms with Crippen molar-refractivity contribution in [3.8, 4) is 0 Å². The fraction of sp³-hybridized carbons (Fsp3) is 0.385. The fourth-order valence-electron chi connectivity index (χ4n) is 4.02. The van der Waals surface area contributed by atoms with Crippen molar-refractivity contribution in [2.45, 2.75) is 44.5 Å². The molecule has 2 aromatic rings. The van der Waals surface area contributed by atoms with Gasteiger partial charge < -0.3 is 21.1 Å². The number of benzene rings is 2. The zero-order valence-corrected chi connectivity index (χ0v) is 21.4. The highest BCUT2D eigenvalue weighted by Crippen LogP contribution is 2.30. The van der Waals surface area contributed by atoms with Gasteiger partial charge in [0.25, 0.3) is 5.91 Å². The second-order valence-corrected chi connectivity index (χ2v) is 10.9. The van der Waals surface area contributed by atoms with E-state index < -0.39 is 40.8 Å². The molecule has 1 saturated heterocycles. The first kappa shape index (κ1) is 27.4. The van der Waals surface area contributed by atoms with Crippen LogP contribution in [0.5, 0.6) is 0 Å². The molecule has 10 heteroatoms. The van der Waals surface area contributed by atoms with Gasteiger partial charge in [0.15, 0.2) is 5.78 Å². The van der Waals surface area contributed by atoms with E-state index in [0.29, 0.717) is 11.3 Å². The molecule has 0 radical (unpaired) electrons. The van der Waals surface area contributed by atoms with Gasteiger partial charge in [0.05, 0.1) is 11.8 Å². The highest BCUT2D eigenvalue weighted by molar-refractivity contribution is 7.99. The van der Waals surface area contributed by atoms with Crippen LogP contribution < -0.4 is 16.8 Å². The lowest BCUT2D eigenvalue weighted by Gasteiger charge is -2.36. The van der Waals surface area contributed by atoms with Crippen molar-refractivity contribution in [2.75, 3.05) is 11.6 Å². The maximum atomic E-state index is 13.6. The van der Waals surface area contributed by atoms with Gasteiger partial charge in [-0.1, -0.05) is 42.5 Å². The van der Waals surface area contributed by atoms with E-state index in [-0.39, 0.29) is 29.3 Å². The van der Waals surface area contributed by atoms with Gasteiger partial charge in [-0.2, -0.15) is 0 Å². The lowest BCUT2D eigenvalue weighted by Crippen LogP contribution is -2.64. The highest BCUT2D eigenvalue weighted by Gasteiger charge is 2.50. The van der Waals surface area contributed by atoms with E-state index in [4.69, 9.17) is 11.5 Å². The number of carbonyl (C=O) groups excluding carboxylic acids is 4. The molecule has 0 spiro atoms. The molecule has 1 unspecified atom stereocenters. The first-order chi connectivity index (χ1) is 16.8. The molecule has 9 nitrogen and oxygen atoms in total. The van der Waals surface area contributed by atoms with Crippen LogP contribution in [-0.2, 0) is 16.0 Å². The summed E-state index contributed by atoms with van der Waals surface area (Å²) in [4.78, 5) is 53.0. The molecule has 1 aliphatic rings. The lowest BCUT2D eigenvalue weighted by atomic mass is 9.82. The zero-order chi connectivity index (χ0) is 26.7. The van der Waals surface area contributed by atoms with Gasteiger partial charge >= 0.3 is 0 Å². The molecule has 3 atom stereocenters. The number of primary amides is 1. The SMILES string of the molecule is CC(C)(C)NC(=O)C1CSCN1C(=O)[C@@](N)(O)[C@H](Cc1ccccc1)C(=O)c1cccc(C(N)=O)c1. The number of rotatable bonds is 8. The molecule has 1 aliphatic heterocycles. The second-order valence-electron chi connectivity index (χ2n) is 9.91. The van der Waals surface area contributed by atoms with Crippen molar-refractivity contribution in [1.82, 2.24) is 10.2 Å². The molecular weight excluding hydrogens is 480 g/mol. The van der Waals surface area contributed by atoms with E-state index in [1.54, 1.807) is 30.3 Å². The van der Waals surface area contributed by atoms with E-state index in [1.165, 1.54) is 40.9 Å². The maximum Gasteiger partial charge on any atom is 0.271 e. The summed E-state index contributed by atoms with van der Waals surface area (Å²) in [7, 11) is 0. The average Bonchev–Trinajstić information content (AvgIpc) is 3.31. The molecule has 3 amide bonds. The highest BCUT2D eigenvalue weighted by atomic mass is 32.2. The number of nitrogens with one attached hydrogen (secondary N) is 1. The van der Waals surface area contributed by atoms with Crippen molar-refractivity contribution >= 4 is 35.3 Å². The minimum atomic E-state index is -2.62. The summed E-state index contributed by atoms with van der Waals surface area (Å²) in [6, 6.07) is 13.8. The van der Waals surface area contributed by atoms with E-state index in [0.717, 1.165) is 0 Å². The molecule has 6 N–H and O–H groups in total. The van der Waals surface area contributed by atoms with E-state index in [9.17, 15) is 24.3 Å². The molecule has 192 valence electrons. The molecular formula is C26H32N4O5S. The minimum absolute atomic E-state index is 0.0426. The van der Waals surface area contributed by atoms with E-state index in [2.05, 4.69) is 5.32 Å². The van der Waals surface area contributed by atoms with E-state index in [1.807, 2.05) is 20.8 Å². The third-order valence-corrected chi connectivity index (χ3v) is 6.86. The van der Waals surface area contributed by atoms with Crippen LogP contribution in [0, 0.1) is 5.92 Å². The standard InChI is InChI=1S/C26H32N4O5S/c1-25(2,3)29-23(33)20-14-36-15-30(20)24(34)26(28,35)19(12-16-8-5-4-6-9-16)21(31)17-10-7-11-18(13-17)22(27)32/h4-11,13,19-20,35H,12,14-15,28H2,1-3H3,(H2,27,32)(H,29,33)/t19-,20?,26+/m1/s1. The minimum Gasteiger partial charge on any atom is -0.367 e. The van der Waals surface area contributed by atoms with Gasteiger partial charge in [-0.05, 0) is 44.9 Å². The number of amides is 3. The number of carbonyl (C=O) groups is 4. The predicted molar refractivity (Wildman–Crippen MR) is 138 cm³/mol. The fourth-order valence-corrected chi connectivity index (χ4v) is 5.17. The number of nitrogens with zero attached hydrogens (tertiary/aromatic N) is 1. The molecule has 0 bridgehead atoms. The van der Waals surface area contributed by atoms with Gasteiger partial charge in [0, 0.05) is 22.4 Å². The van der Waals surface area contributed by atoms with E-state index >= 15 is 0 Å². The zero-order valence-electron chi connectivity index (χ0n) is 20.6. The first-order valence-corrected chi connectivity index (χ1v) is 12.7. The topological polar surface area (TPSA) is 156 Å². The molecule has 3 rings (SSSR count). The van der Waals surface area contributed by atoms with Crippen LogP contribution in [0.3, 0.4) is 0 Å². The third-order valence-electron chi connectivity index (χ3n) is 5.85. The second kappa shape index (κ2) is 10.8. The Kier molecular flexibility index (Phi) is 8.22. The van der Waals surface area contributed by atoms with Gasteiger partial charge in [-0.25, -0.2) is 0 Å². The van der Waals surface area contributed by atoms with Crippen molar-refractivity contribution in [2.24, 2.45) is 17.4 Å². The van der Waals surface area contributed by atoms with Crippen molar-refractivity contribution in [1.29, 1.82) is 0 Å². The summed E-state index contributed by atoms with van der Waals surface area (Å²) in [5, 5.41) is 14.3. The average molecular weight is 513 g/mol. The third kappa shape index (κ3) is 6.31. The van der Waals surface area contributed by atoms with Crippen molar-refractivity contribution < 1.29 is 24.3 Å². The number of hydrogen-bond donors (Lipinski definition) is 4. The Morgan fingerprint density at radius 3 is 2.33 bits per heavy atom. The Morgan fingerprint density at radius 2 is 1.72 bits per heavy atom. The molecule has 1 heterocycles. The Hall–Kier alpha value is -3.21. The normalized spacial score (nSPS) is 18.2. The smallest absolute Gasteiger partial charge is 0.271 e. The number of aliphatic hydroxyl groups is 1. The van der Waals surface area contributed by atoms with Gasteiger partial charge in [0.1, 0.15) is 6.04 Å². The maximum absolute atomic E-state index is 13.6. The Morgan fingerprint density at radius 1 is 1.08 bits per heavy atom. The predicted octanol–water partition coefficient (Wildman–Crippen LogP) is 1.29. The van der Waals surface area contributed by atoms with Crippen LogP contribution in [0.2, 0.25) is 0 Å². The molecule has 0 aromatic heterocycles. The molecule has 36 heavy (non-hydrogen) atoms. The van der Waals surface area contributed by atoms with Crippen LogP contribution in [0.1, 0.15) is 47.1 Å². The Bertz CT molecular complexity index is 1150. The monoisotopic (exact) mass is 512 g/mol. The number of hydrogen-bond acceptors (Lipinski definition) is 7. The Balaban J connectivity index is 1.97. The summed E-state index contributed by atoms with van der Waals surface area (Å²) < 4.78 is 0. The quantitative estimate of drug-likeness (QED) is 0.307. The number of nitrogens with two attached hydrogens (primary N) is 2. The molecule has 2 aromatic carbocycles. The summed E-state index contributed by atoms with van der Waals surface area (Å²) in [5.74, 6) is -3.54. The summed E-state index contributed by atoms with van der Waals surface area (Å²) in [6.07, 6.45) is -0.0426. The van der Waals surface area contributed by atoms with Crippen LogP contribution in [0.15, 0.2) is 54.6 Å². The van der Waals surface area contributed by atoms with Crippen molar-refractivity contribution in [3.63, 3.8) is 0 Å². The van der Waals surface area contributed by atoms with Crippen LogP contribution in [0.25, 0.3) is 0 Å². The molecule has 0 aliphatic carbocycles. The van der Waals surface area contributed by atoms with Gasteiger partial charge in [-0.15, -0.1) is 11.8 Å². The summed E-state index contributed by atoms with van der Waals surface area (Å²) >= 11 is 1.36. The molecule has 0 saturated carbocycles. The Labute approximate surface area is 214 Å². The molecule has 1 fully saturated rings. The van der Waals surface area contributed by atoms with Crippen molar-refractivity contribution in [3.05, 3.63) is 71.3 Å². The number of Topliss-reactive ketones (excluding diaryl/α,β-unsaturated/α-hetero) is 1. The number of ketones is 1.